The van der Waals surface area contributed by atoms with Gasteiger partial charge in [-0.2, -0.15) is 0 Å². The molecule has 0 radical (unpaired) electrons. The van der Waals surface area contributed by atoms with Gasteiger partial charge in [-0.15, -0.1) is 0 Å². The molecule has 1 unspecified atom stereocenters. The summed E-state index contributed by atoms with van der Waals surface area (Å²) in [6.45, 7) is 3.77. The van der Waals surface area contributed by atoms with Crippen molar-refractivity contribution in [3.63, 3.8) is 0 Å². The summed E-state index contributed by atoms with van der Waals surface area (Å²) in [5.41, 5.74) is 8.42. The van der Waals surface area contributed by atoms with Crippen molar-refractivity contribution < 1.29 is 4.79 Å². The second-order valence-electron chi connectivity index (χ2n) is 5.05. The number of aryl methyl sites for hydroxylation is 1. The predicted octanol–water partition coefficient (Wildman–Crippen LogP) is 3.46. The quantitative estimate of drug-likeness (QED) is 0.944. The third-order valence-electron chi connectivity index (χ3n) is 3.59. The van der Waals surface area contributed by atoms with Gasteiger partial charge in [0, 0.05) is 12.1 Å². The van der Waals surface area contributed by atoms with E-state index in [1.807, 2.05) is 31.2 Å². The van der Waals surface area contributed by atoms with Crippen molar-refractivity contribution in [1.82, 2.24) is 9.88 Å². The Morgan fingerprint density at radius 3 is 2.57 bits per heavy atom. The van der Waals surface area contributed by atoms with E-state index >= 15 is 0 Å². The van der Waals surface area contributed by atoms with Crippen LogP contribution in [0.3, 0.4) is 0 Å². The minimum atomic E-state index is -0.102. The van der Waals surface area contributed by atoms with Crippen molar-refractivity contribution in [3.8, 4) is 0 Å². The number of pyridine rings is 1. The molecule has 0 aliphatic rings. The van der Waals surface area contributed by atoms with Gasteiger partial charge >= 0.3 is 0 Å². The highest BCUT2D eigenvalue weighted by atomic mass is 35.5. The van der Waals surface area contributed by atoms with Gasteiger partial charge in [-0.3, -0.25) is 9.78 Å². The van der Waals surface area contributed by atoms with Crippen LogP contribution in [0.5, 0.6) is 0 Å². The third-order valence-corrected chi connectivity index (χ3v) is 3.84. The molecule has 5 heteroatoms. The molecule has 2 aromatic rings. The first kappa shape index (κ1) is 15.3. The highest BCUT2D eigenvalue weighted by molar-refractivity contribution is 6.30. The maximum Gasteiger partial charge on any atom is 0.256 e. The number of hydrogen-bond donors (Lipinski definition) is 1. The molecule has 0 aliphatic heterocycles. The van der Waals surface area contributed by atoms with Gasteiger partial charge in [0.05, 0.1) is 29.2 Å². The molecule has 0 saturated carbocycles. The van der Waals surface area contributed by atoms with Crippen LogP contribution in [0.15, 0.2) is 36.5 Å². The summed E-state index contributed by atoms with van der Waals surface area (Å²) in [4.78, 5) is 18.4. The fraction of sp³-hybridized carbons (Fsp3) is 0.250. The number of anilines is 1. The highest BCUT2D eigenvalue weighted by Crippen LogP contribution is 2.23. The van der Waals surface area contributed by atoms with Crippen molar-refractivity contribution in [2.24, 2.45) is 0 Å². The molecule has 0 fully saturated rings. The Kier molecular flexibility index (Phi) is 4.48. The summed E-state index contributed by atoms with van der Waals surface area (Å²) < 4.78 is 0. The standard InChI is InChI=1S/C16H18ClN3O/c1-10-15(8-14(18)9-19-10)16(21)20(3)11(2)12-4-6-13(17)7-5-12/h4-9,11H,18H2,1-3H3. The molecule has 2 N–H and O–H groups in total. The molecular weight excluding hydrogens is 286 g/mol. The molecule has 0 aliphatic carbocycles. The zero-order valence-corrected chi connectivity index (χ0v) is 13.1. The highest BCUT2D eigenvalue weighted by Gasteiger charge is 2.21. The van der Waals surface area contributed by atoms with Crippen LogP contribution in [0.1, 0.15) is 34.6 Å². The smallest absolute Gasteiger partial charge is 0.256 e. The van der Waals surface area contributed by atoms with Gasteiger partial charge < -0.3 is 10.6 Å². The number of rotatable bonds is 3. The van der Waals surface area contributed by atoms with Crippen molar-refractivity contribution in [2.75, 3.05) is 12.8 Å². The monoisotopic (exact) mass is 303 g/mol. The van der Waals surface area contributed by atoms with E-state index in [2.05, 4.69) is 4.98 Å². The Morgan fingerprint density at radius 2 is 1.95 bits per heavy atom. The zero-order valence-electron chi connectivity index (χ0n) is 12.3. The van der Waals surface area contributed by atoms with E-state index in [-0.39, 0.29) is 11.9 Å². The van der Waals surface area contributed by atoms with Crippen molar-refractivity contribution >= 4 is 23.2 Å². The molecule has 1 atom stereocenters. The summed E-state index contributed by atoms with van der Waals surface area (Å²) >= 11 is 5.89. The Morgan fingerprint density at radius 1 is 1.33 bits per heavy atom. The van der Waals surface area contributed by atoms with E-state index in [1.165, 1.54) is 0 Å². The van der Waals surface area contributed by atoms with Crippen LogP contribution in [0.25, 0.3) is 0 Å². The molecular formula is C16H18ClN3O. The minimum absolute atomic E-state index is 0.0735. The van der Waals surface area contributed by atoms with Gasteiger partial charge in [0.15, 0.2) is 0 Å². The molecule has 1 aromatic carbocycles. The minimum Gasteiger partial charge on any atom is -0.397 e. The van der Waals surface area contributed by atoms with Gasteiger partial charge in [0.2, 0.25) is 0 Å². The van der Waals surface area contributed by atoms with Crippen molar-refractivity contribution in [3.05, 3.63) is 58.4 Å². The summed E-state index contributed by atoms with van der Waals surface area (Å²) in [6.07, 6.45) is 1.55. The second-order valence-corrected chi connectivity index (χ2v) is 5.48. The first-order chi connectivity index (χ1) is 9.90. The fourth-order valence-electron chi connectivity index (χ4n) is 2.10. The number of halogens is 1. The first-order valence-corrected chi connectivity index (χ1v) is 7.02. The van der Waals surface area contributed by atoms with Gasteiger partial charge in [-0.05, 0) is 37.6 Å². The molecule has 0 bridgehead atoms. The van der Waals surface area contributed by atoms with E-state index in [1.54, 1.807) is 31.1 Å². The maximum absolute atomic E-state index is 12.6. The van der Waals surface area contributed by atoms with Crippen LogP contribution < -0.4 is 5.73 Å². The van der Waals surface area contributed by atoms with Gasteiger partial charge in [-0.25, -0.2) is 0 Å². The number of aromatic nitrogens is 1. The molecule has 2 rings (SSSR count). The summed E-state index contributed by atoms with van der Waals surface area (Å²) in [6, 6.07) is 9.06. The molecule has 1 heterocycles. The van der Waals surface area contributed by atoms with Crippen molar-refractivity contribution in [2.45, 2.75) is 19.9 Å². The summed E-state index contributed by atoms with van der Waals surface area (Å²) in [5, 5.41) is 0.677. The van der Waals surface area contributed by atoms with E-state index in [4.69, 9.17) is 17.3 Å². The molecule has 21 heavy (non-hydrogen) atoms. The lowest BCUT2D eigenvalue weighted by Gasteiger charge is -2.26. The predicted molar refractivity (Wildman–Crippen MR) is 85.3 cm³/mol. The fourth-order valence-corrected chi connectivity index (χ4v) is 2.22. The van der Waals surface area contributed by atoms with Crippen LogP contribution in [-0.4, -0.2) is 22.8 Å². The van der Waals surface area contributed by atoms with E-state index in [0.29, 0.717) is 22.0 Å². The summed E-state index contributed by atoms with van der Waals surface area (Å²) in [7, 11) is 1.77. The molecule has 110 valence electrons. The van der Waals surface area contributed by atoms with Crippen LogP contribution in [0.4, 0.5) is 5.69 Å². The number of carbonyl (C=O) groups is 1. The molecule has 1 aromatic heterocycles. The van der Waals surface area contributed by atoms with Gasteiger partial charge in [-0.1, -0.05) is 23.7 Å². The van der Waals surface area contributed by atoms with E-state index < -0.39 is 0 Å². The number of benzene rings is 1. The lowest BCUT2D eigenvalue weighted by atomic mass is 10.1. The number of carbonyl (C=O) groups excluding carboxylic acids is 1. The Balaban J connectivity index is 2.26. The lowest BCUT2D eigenvalue weighted by Crippen LogP contribution is -2.30. The topological polar surface area (TPSA) is 59.2 Å². The maximum atomic E-state index is 12.6. The number of amides is 1. The zero-order chi connectivity index (χ0) is 15.6. The summed E-state index contributed by atoms with van der Waals surface area (Å²) in [5.74, 6) is -0.102. The molecule has 0 saturated heterocycles. The van der Waals surface area contributed by atoms with Crippen LogP contribution in [0, 0.1) is 6.92 Å². The van der Waals surface area contributed by atoms with E-state index in [9.17, 15) is 4.79 Å². The lowest BCUT2D eigenvalue weighted by molar-refractivity contribution is 0.0741. The second kappa shape index (κ2) is 6.14. The van der Waals surface area contributed by atoms with Crippen LogP contribution >= 0.6 is 11.6 Å². The van der Waals surface area contributed by atoms with Crippen molar-refractivity contribution in [1.29, 1.82) is 0 Å². The van der Waals surface area contributed by atoms with Crippen LogP contribution in [0.2, 0.25) is 5.02 Å². The Labute approximate surface area is 129 Å². The Hall–Kier alpha value is -2.07. The number of nitrogens with two attached hydrogens (primary N) is 1. The number of hydrogen-bond acceptors (Lipinski definition) is 3. The molecule has 1 amide bonds. The largest absolute Gasteiger partial charge is 0.397 e. The third kappa shape index (κ3) is 3.34. The van der Waals surface area contributed by atoms with E-state index in [0.717, 1.165) is 5.56 Å². The number of nitrogen functional groups attached to an aromatic ring is 1. The molecule has 4 nitrogen and oxygen atoms in total. The van der Waals surface area contributed by atoms with Crippen LogP contribution in [-0.2, 0) is 0 Å². The average molecular weight is 304 g/mol. The normalized spacial score (nSPS) is 12.0. The molecule has 0 spiro atoms. The SMILES string of the molecule is Cc1ncc(N)cc1C(=O)N(C)C(C)c1ccc(Cl)cc1. The first-order valence-electron chi connectivity index (χ1n) is 6.65. The average Bonchev–Trinajstić information content (AvgIpc) is 2.48. The number of nitrogens with zero attached hydrogens (tertiary/aromatic N) is 2. The Bertz CT molecular complexity index is 655. The van der Waals surface area contributed by atoms with Gasteiger partial charge in [0.25, 0.3) is 5.91 Å². The van der Waals surface area contributed by atoms with Gasteiger partial charge in [0.1, 0.15) is 0 Å².